The fourth-order valence-corrected chi connectivity index (χ4v) is 2.51. The topological polar surface area (TPSA) is 114 Å². The molecule has 138 valence electrons. The first kappa shape index (κ1) is 18.1. The Balaban J connectivity index is 1.77. The molecule has 8 nitrogen and oxygen atoms in total. The van der Waals surface area contributed by atoms with Gasteiger partial charge in [0.15, 0.2) is 0 Å². The van der Waals surface area contributed by atoms with Gasteiger partial charge >= 0.3 is 0 Å². The molecule has 0 atom stereocenters. The van der Waals surface area contributed by atoms with Crippen molar-refractivity contribution in [1.29, 1.82) is 0 Å². The normalized spacial score (nSPS) is 11.4. The van der Waals surface area contributed by atoms with Gasteiger partial charge in [0, 0.05) is 31.2 Å². The molecule has 8 heteroatoms. The first-order valence-electron chi connectivity index (χ1n) is 8.17. The molecule has 0 bridgehead atoms. The quantitative estimate of drug-likeness (QED) is 0.546. The van der Waals surface area contributed by atoms with Crippen LogP contribution in [0.4, 0.5) is 5.69 Å². The summed E-state index contributed by atoms with van der Waals surface area (Å²) in [7, 11) is 3.22. The standard InChI is InChI=1S/C19H19N5O3/c1-11-8-13-9-14(4-5-16(13)27-11)22-19(20)23-17(25)12-6-7-21-15(10-12)18(26)24(2)3/h4-10H,1-3H3,(H3,20,22,23,25). The van der Waals surface area contributed by atoms with Gasteiger partial charge in [-0.05, 0) is 43.3 Å². The largest absolute Gasteiger partial charge is 0.461 e. The summed E-state index contributed by atoms with van der Waals surface area (Å²) >= 11 is 0. The van der Waals surface area contributed by atoms with Crippen molar-refractivity contribution in [3.05, 3.63) is 59.6 Å². The molecule has 2 amide bonds. The van der Waals surface area contributed by atoms with Crippen LogP contribution >= 0.6 is 0 Å². The minimum absolute atomic E-state index is 0.0585. The fraction of sp³-hybridized carbons (Fsp3) is 0.158. The number of aromatic nitrogens is 1. The lowest BCUT2D eigenvalue weighted by molar-refractivity contribution is 0.0822. The van der Waals surface area contributed by atoms with Crippen molar-refractivity contribution in [2.24, 2.45) is 10.7 Å². The van der Waals surface area contributed by atoms with Crippen molar-refractivity contribution in [1.82, 2.24) is 15.2 Å². The van der Waals surface area contributed by atoms with E-state index >= 15 is 0 Å². The van der Waals surface area contributed by atoms with E-state index in [9.17, 15) is 9.59 Å². The molecule has 0 saturated carbocycles. The van der Waals surface area contributed by atoms with E-state index in [1.165, 1.54) is 23.2 Å². The van der Waals surface area contributed by atoms with Crippen LogP contribution in [0, 0.1) is 6.92 Å². The number of nitrogens with two attached hydrogens (primary N) is 1. The van der Waals surface area contributed by atoms with E-state index in [0.717, 1.165) is 16.7 Å². The Morgan fingerprint density at radius 3 is 2.70 bits per heavy atom. The Labute approximate surface area is 155 Å². The maximum Gasteiger partial charge on any atom is 0.271 e. The average molecular weight is 365 g/mol. The molecule has 0 aliphatic carbocycles. The van der Waals surface area contributed by atoms with E-state index in [0.29, 0.717) is 5.69 Å². The molecular weight excluding hydrogens is 346 g/mol. The molecule has 0 aliphatic rings. The van der Waals surface area contributed by atoms with Crippen LogP contribution in [0.5, 0.6) is 0 Å². The number of aryl methyl sites for hydroxylation is 1. The molecule has 0 unspecified atom stereocenters. The molecule has 3 rings (SSSR count). The average Bonchev–Trinajstić information content (AvgIpc) is 3.00. The fourth-order valence-electron chi connectivity index (χ4n) is 2.51. The van der Waals surface area contributed by atoms with E-state index in [-0.39, 0.29) is 23.1 Å². The first-order valence-corrected chi connectivity index (χ1v) is 8.17. The van der Waals surface area contributed by atoms with Gasteiger partial charge in [-0.15, -0.1) is 0 Å². The zero-order valence-corrected chi connectivity index (χ0v) is 15.2. The minimum Gasteiger partial charge on any atom is -0.461 e. The monoisotopic (exact) mass is 365 g/mol. The van der Waals surface area contributed by atoms with E-state index < -0.39 is 5.91 Å². The summed E-state index contributed by atoms with van der Waals surface area (Å²) in [4.78, 5) is 33.9. The lowest BCUT2D eigenvalue weighted by Gasteiger charge is -2.10. The molecule has 3 aromatic rings. The van der Waals surface area contributed by atoms with E-state index in [1.54, 1.807) is 26.2 Å². The summed E-state index contributed by atoms with van der Waals surface area (Å²) < 4.78 is 5.51. The second-order valence-electron chi connectivity index (χ2n) is 6.16. The number of benzene rings is 1. The van der Waals surface area contributed by atoms with Gasteiger partial charge in [-0.3, -0.25) is 19.9 Å². The van der Waals surface area contributed by atoms with Gasteiger partial charge in [0.1, 0.15) is 17.0 Å². The highest BCUT2D eigenvalue weighted by Gasteiger charge is 2.14. The first-order chi connectivity index (χ1) is 12.8. The number of carbonyl (C=O) groups excluding carboxylic acids is 2. The minimum atomic E-state index is -0.480. The number of hydrogen-bond acceptors (Lipinski definition) is 5. The molecule has 0 aliphatic heterocycles. The van der Waals surface area contributed by atoms with Crippen molar-refractivity contribution in [3.63, 3.8) is 0 Å². The number of guanidine groups is 1. The zero-order valence-electron chi connectivity index (χ0n) is 15.2. The van der Waals surface area contributed by atoms with Crippen molar-refractivity contribution in [3.8, 4) is 0 Å². The van der Waals surface area contributed by atoms with E-state index in [2.05, 4.69) is 15.3 Å². The number of nitrogens with one attached hydrogen (secondary N) is 1. The molecular formula is C19H19N5O3. The van der Waals surface area contributed by atoms with Crippen LogP contribution in [0.3, 0.4) is 0 Å². The molecule has 27 heavy (non-hydrogen) atoms. The van der Waals surface area contributed by atoms with Crippen molar-refractivity contribution in [2.45, 2.75) is 6.92 Å². The molecule has 1 aromatic carbocycles. The number of amides is 2. The van der Waals surface area contributed by atoms with Crippen molar-refractivity contribution in [2.75, 3.05) is 14.1 Å². The van der Waals surface area contributed by atoms with Gasteiger partial charge in [0.05, 0.1) is 5.69 Å². The Morgan fingerprint density at radius 1 is 1.19 bits per heavy atom. The van der Waals surface area contributed by atoms with Gasteiger partial charge < -0.3 is 15.1 Å². The molecule has 0 fully saturated rings. The lowest BCUT2D eigenvalue weighted by Crippen LogP contribution is -2.36. The Kier molecular flexibility index (Phi) is 4.89. The number of fused-ring (bicyclic) bond motifs is 1. The highest BCUT2D eigenvalue weighted by atomic mass is 16.3. The summed E-state index contributed by atoms with van der Waals surface area (Å²) in [5.41, 5.74) is 7.61. The van der Waals surface area contributed by atoms with Crippen LogP contribution in [-0.4, -0.2) is 41.8 Å². The predicted octanol–water partition coefficient (Wildman–Crippen LogP) is 2.21. The van der Waals surface area contributed by atoms with Crippen LogP contribution in [0.15, 0.2) is 52.0 Å². The van der Waals surface area contributed by atoms with Gasteiger partial charge in [-0.1, -0.05) is 0 Å². The second kappa shape index (κ2) is 7.28. The summed E-state index contributed by atoms with van der Waals surface area (Å²) in [6.45, 7) is 1.86. The van der Waals surface area contributed by atoms with E-state index in [4.69, 9.17) is 10.2 Å². The molecule has 2 aromatic heterocycles. The summed E-state index contributed by atoms with van der Waals surface area (Å²) in [5, 5.41) is 3.40. The molecule has 2 heterocycles. The number of carbonyl (C=O) groups is 2. The van der Waals surface area contributed by atoms with Crippen molar-refractivity contribution >= 4 is 34.4 Å². The van der Waals surface area contributed by atoms with E-state index in [1.807, 2.05) is 19.1 Å². The lowest BCUT2D eigenvalue weighted by atomic mass is 10.2. The van der Waals surface area contributed by atoms with Crippen LogP contribution in [-0.2, 0) is 0 Å². The van der Waals surface area contributed by atoms with Gasteiger partial charge in [0.2, 0.25) is 5.96 Å². The smallest absolute Gasteiger partial charge is 0.271 e. The number of pyridine rings is 1. The van der Waals surface area contributed by atoms with Gasteiger partial charge in [-0.2, -0.15) is 0 Å². The van der Waals surface area contributed by atoms with Crippen molar-refractivity contribution < 1.29 is 14.0 Å². The summed E-state index contributed by atoms with van der Waals surface area (Å²) in [6.07, 6.45) is 1.40. The number of rotatable bonds is 3. The summed E-state index contributed by atoms with van der Waals surface area (Å²) in [6, 6.07) is 10.1. The number of hydrogen-bond donors (Lipinski definition) is 2. The Hall–Kier alpha value is -3.68. The second-order valence-corrected chi connectivity index (χ2v) is 6.16. The highest BCUT2D eigenvalue weighted by Crippen LogP contribution is 2.24. The van der Waals surface area contributed by atoms with Crippen LogP contribution in [0.25, 0.3) is 11.0 Å². The third kappa shape index (κ3) is 4.12. The number of aliphatic imine (C=N–C) groups is 1. The van der Waals surface area contributed by atoms with Gasteiger partial charge in [-0.25, -0.2) is 4.99 Å². The van der Waals surface area contributed by atoms with Gasteiger partial charge in [0.25, 0.3) is 11.8 Å². The number of furan rings is 1. The van der Waals surface area contributed by atoms with Crippen LogP contribution in [0.1, 0.15) is 26.6 Å². The Bertz CT molecular complexity index is 1050. The SMILES string of the molecule is Cc1cc2cc(N=C(N)NC(=O)c3ccnc(C(=O)N(C)C)c3)ccc2o1. The number of nitrogens with zero attached hydrogens (tertiary/aromatic N) is 3. The third-order valence-electron chi connectivity index (χ3n) is 3.76. The summed E-state index contributed by atoms with van der Waals surface area (Å²) in [5.74, 6) is -0.0354. The molecule has 0 radical (unpaired) electrons. The Morgan fingerprint density at radius 2 is 1.96 bits per heavy atom. The molecule has 3 N–H and O–H groups in total. The highest BCUT2D eigenvalue weighted by molar-refractivity contribution is 6.06. The molecule has 0 saturated heterocycles. The maximum atomic E-state index is 12.4. The zero-order chi connectivity index (χ0) is 19.6. The van der Waals surface area contributed by atoms with Crippen LogP contribution in [0.2, 0.25) is 0 Å². The molecule has 0 spiro atoms. The maximum absolute atomic E-state index is 12.4. The van der Waals surface area contributed by atoms with Crippen LogP contribution < -0.4 is 11.1 Å². The predicted molar refractivity (Wildman–Crippen MR) is 102 cm³/mol. The third-order valence-corrected chi connectivity index (χ3v) is 3.76.